The standard InChI is InChI=1S/C15H23O5P/c1-12(10-13(2)20-21(17,18-3)19-4)11-15(16)14-8-6-5-7-9-14/h5-9,13,15-16H,1,10-11H2,2-4H3/t13-,15+/m0/s1. The minimum atomic E-state index is -3.49. The van der Waals surface area contributed by atoms with Gasteiger partial charge in [0.05, 0.1) is 12.2 Å². The first kappa shape index (κ1) is 18.1. The minimum absolute atomic E-state index is 0.383. The summed E-state index contributed by atoms with van der Waals surface area (Å²) in [4.78, 5) is 0. The fourth-order valence-corrected chi connectivity index (χ4v) is 2.81. The second-order valence-corrected chi connectivity index (χ2v) is 6.65. The number of phosphoric ester groups is 1. The fraction of sp³-hybridized carbons (Fsp3) is 0.467. The molecule has 0 amide bonds. The monoisotopic (exact) mass is 314 g/mol. The largest absolute Gasteiger partial charge is 0.474 e. The number of aliphatic hydroxyl groups is 1. The summed E-state index contributed by atoms with van der Waals surface area (Å²) in [5.74, 6) is 0. The van der Waals surface area contributed by atoms with Crippen LogP contribution in [0.4, 0.5) is 0 Å². The molecule has 0 fully saturated rings. The first-order chi connectivity index (χ1) is 9.90. The third-order valence-electron chi connectivity index (χ3n) is 3.00. The van der Waals surface area contributed by atoms with Gasteiger partial charge in [-0.2, -0.15) is 0 Å². The summed E-state index contributed by atoms with van der Waals surface area (Å²) in [6, 6.07) is 9.37. The zero-order valence-corrected chi connectivity index (χ0v) is 13.6. The predicted octanol–water partition coefficient (Wildman–Crippen LogP) is 3.86. The Kier molecular flexibility index (Phi) is 7.29. The average molecular weight is 314 g/mol. The van der Waals surface area contributed by atoms with E-state index in [1.165, 1.54) is 14.2 Å². The molecule has 6 heteroatoms. The molecule has 1 aromatic carbocycles. The highest BCUT2D eigenvalue weighted by atomic mass is 31.2. The van der Waals surface area contributed by atoms with Gasteiger partial charge in [-0.25, -0.2) is 4.57 Å². The quantitative estimate of drug-likeness (QED) is 0.554. The van der Waals surface area contributed by atoms with Crippen molar-refractivity contribution in [2.75, 3.05) is 14.2 Å². The van der Waals surface area contributed by atoms with E-state index in [2.05, 4.69) is 6.58 Å². The molecule has 118 valence electrons. The van der Waals surface area contributed by atoms with Gasteiger partial charge in [0.15, 0.2) is 0 Å². The van der Waals surface area contributed by atoms with Gasteiger partial charge in [-0.3, -0.25) is 13.6 Å². The molecule has 0 saturated carbocycles. The molecular formula is C15H23O5P. The lowest BCUT2D eigenvalue weighted by molar-refractivity contribution is 0.111. The van der Waals surface area contributed by atoms with Crippen LogP contribution in [0.25, 0.3) is 0 Å². The molecule has 0 heterocycles. The number of hydrogen-bond donors (Lipinski definition) is 1. The Bertz CT molecular complexity index is 480. The zero-order chi connectivity index (χ0) is 15.9. The molecule has 1 aromatic rings. The molecule has 0 unspecified atom stereocenters. The van der Waals surface area contributed by atoms with Crippen molar-refractivity contribution in [1.82, 2.24) is 0 Å². The molecule has 0 aromatic heterocycles. The van der Waals surface area contributed by atoms with Gasteiger partial charge >= 0.3 is 7.82 Å². The molecule has 1 rings (SSSR count). The highest BCUT2D eigenvalue weighted by molar-refractivity contribution is 7.48. The summed E-state index contributed by atoms with van der Waals surface area (Å²) in [6.45, 7) is 5.69. The van der Waals surface area contributed by atoms with Crippen LogP contribution in [0.2, 0.25) is 0 Å². The molecule has 2 atom stereocenters. The predicted molar refractivity (Wildman–Crippen MR) is 81.9 cm³/mol. The van der Waals surface area contributed by atoms with Crippen LogP contribution in [0.1, 0.15) is 31.4 Å². The van der Waals surface area contributed by atoms with E-state index in [-0.39, 0.29) is 6.10 Å². The van der Waals surface area contributed by atoms with Crippen LogP contribution in [0, 0.1) is 0 Å². The van der Waals surface area contributed by atoms with Crippen LogP contribution in [0.3, 0.4) is 0 Å². The third kappa shape index (κ3) is 6.12. The maximum absolute atomic E-state index is 11.8. The molecule has 21 heavy (non-hydrogen) atoms. The summed E-state index contributed by atoms with van der Waals surface area (Å²) >= 11 is 0. The van der Waals surface area contributed by atoms with Crippen LogP contribution in [0.5, 0.6) is 0 Å². The second kappa shape index (κ2) is 8.47. The molecule has 0 aliphatic carbocycles. The Labute approximate surface area is 126 Å². The van der Waals surface area contributed by atoms with E-state index in [9.17, 15) is 9.67 Å². The molecule has 0 aliphatic rings. The Morgan fingerprint density at radius 1 is 1.24 bits per heavy atom. The first-order valence-electron chi connectivity index (χ1n) is 6.69. The van der Waals surface area contributed by atoms with Crippen molar-refractivity contribution in [3.05, 3.63) is 48.0 Å². The van der Waals surface area contributed by atoms with E-state index >= 15 is 0 Å². The van der Waals surface area contributed by atoms with Crippen molar-refractivity contribution in [2.24, 2.45) is 0 Å². The summed E-state index contributed by atoms with van der Waals surface area (Å²) in [6.07, 6.45) is -0.114. The fourth-order valence-electron chi connectivity index (χ4n) is 1.97. The number of rotatable bonds is 9. The van der Waals surface area contributed by atoms with E-state index in [0.717, 1.165) is 11.1 Å². The average Bonchev–Trinajstić information content (AvgIpc) is 2.47. The van der Waals surface area contributed by atoms with Gasteiger partial charge in [-0.05, 0) is 25.3 Å². The maximum Gasteiger partial charge on any atom is 0.474 e. The van der Waals surface area contributed by atoms with Crippen molar-refractivity contribution in [2.45, 2.75) is 32.0 Å². The Balaban J connectivity index is 2.48. The minimum Gasteiger partial charge on any atom is -0.388 e. The van der Waals surface area contributed by atoms with Crippen LogP contribution < -0.4 is 0 Å². The molecule has 0 spiro atoms. The van der Waals surface area contributed by atoms with Crippen molar-refractivity contribution < 1.29 is 23.2 Å². The second-order valence-electron chi connectivity index (χ2n) is 4.81. The van der Waals surface area contributed by atoms with Gasteiger partial charge in [0.1, 0.15) is 0 Å². The van der Waals surface area contributed by atoms with E-state index in [1.807, 2.05) is 30.3 Å². The van der Waals surface area contributed by atoms with Crippen molar-refractivity contribution in [1.29, 1.82) is 0 Å². The maximum atomic E-state index is 11.8. The smallest absolute Gasteiger partial charge is 0.388 e. The Morgan fingerprint density at radius 3 is 2.33 bits per heavy atom. The highest BCUT2D eigenvalue weighted by Crippen LogP contribution is 2.49. The van der Waals surface area contributed by atoms with Crippen molar-refractivity contribution >= 4 is 7.82 Å². The lowest BCUT2D eigenvalue weighted by Gasteiger charge is -2.20. The van der Waals surface area contributed by atoms with Crippen LogP contribution in [0.15, 0.2) is 42.5 Å². The highest BCUT2D eigenvalue weighted by Gasteiger charge is 2.26. The molecule has 0 bridgehead atoms. The SMILES string of the molecule is C=C(C[C@@H](O)c1ccccc1)C[C@H](C)OP(=O)(OC)OC. The number of aliphatic hydroxyl groups excluding tert-OH is 1. The summed E-state index contributed by atoms with van der Waals surface area (Å²) in [5, 5.41) is 10.1. The van der Waals surface area contributed by atoms with E-state index < -0.39 is 13.9 Å². The van der Waals surface area contributed by atoms with Crippen LogP contribution in [-0.2, 0) is 18.1 Å². The molecule has 0 saturated heterocycles. The van der Waals surface area contributed by atoms with Gasteiger partial charge < -0.3 is 5.11 Å². The number of hydrogen-bond acceptors (Lipinski definition) is 5. The number of phosphoric acid groups is 1. The van der Waals surface area contributed by atoms with Gasteiger partial charge in [-0.1, -0.05) is 42.5 Å². The molecular weight excluding hydrogens is 291 g/mol. The lowest BCUT2D eigenvalue weighted by atomic mass is 9.99. The van der Waals surface area contributed by atoms with Gasteiger partial charge in [0, 0.05) is 14.2 Å². The van der Waals surface area contributed by atoms with E-state index in [4.69, 9.17) is 13.6 Å². The number of benzene rings is 1. The Hall–Kier alpha value is -0.970. The van der Waals surface area contributed by atoms with Crippen molar-refractivity contribution in [3.63, 3.8) is 0 Å². The topological polar surface area (TPSA) is 65.0 Å². The Morgan fingerprint density at radius 2 is 1.81 bits per heavy atom. The summed E-state index contributed by atoms with van der Waals surface area (Å²) < 4.78 is 26.5. The van der Waals surface area contributed by atoms with Gasteiger partial charge in [0.25, 0.3) is 0 Å². The van der Waals surface area contributed by atoms with Gasteiger partial charge in [0.2, 0.25) is 0 Å². The lowest BCUT2D eigenvalue weighted by Crippen LogP contribution is -2.10. The molecule has 5 nitrogen and oxygen atoms in total. The molecule has 0 radical (unpaired) electrons. The van der Waals surface area contributed by atoms with Crippen molar-refractivity contribution in [3.8, 4) is 0 Å². The first-order valence-corrected chi connectivity index (χ1v) is 8.16. The summed E-state index contributed by atoms with van der Waals surface area (Å²) in [7, 11) is -0.952. The van der Waals surface area contributed by atoms with Crippen LogP contribution in [-0.4, -0.2) is 25.4 Å². The van der Waals surface area contributed by atoms with Gasteiger partial charge in [-0.15, -0.1) is 0 Å². The summed E-state index contributed by atoms with van der Waals surface area (Å²) in [5.41, 5.74) is 1.64. The molecule has 0 aliphatic heterocycles. The normalized spacial score (nSPS) is 14.7. The van der Waals surface area contributed by atoms with E-state index in [1.54, 1.807) is 6.92 Å². The van der Waals surface area contributed by atoms with E-state index in [0.29, 0.717) is 12.8 Å². The zero-order valence-electron chi connectivity index (χ0n) is 12.7. The van der Waals surface area contributed by atoms with Crippen LogP contribution >= 0.6 is 7.82 Å². The third-order valence-corrected chi connectivity index (χ3v) is 4.51. The molecule has 1 N–H and O–H groups in total.